The number of nitrogens with one attached hydrogen (secondary N) is 1. The summed E-state index contributed by atoms with van der Waals surface area (Å²) >= 11 is 0. The van der Waals surface area contributed by atoms with E-state index in [1.807, 2.05) is 6.07 Å². The number of hydrogen-bond acceptors (Lipinski definition) is 4. The molecule has 0 heterocycles. The zero-order valence-corrected chi connectivity index (χ0v) is 14.9. The number of carbonyl (C=O) groups excluding carboxylic acids is 1. The molecule has 0 aromatic heterocycles. The molecule has 0 bridgehead atoms. The lowest BCUT2D eigenvalue weighted by Crippen LogP contribution is -2.39. The van der Waals surface area contributed by atoms with Crippen LogP contribution in [0, 0.1) is 0 Å². The standard InChI is InChI=1S/C19H20F3NO4/c1-13(11-27-17-9-4-3-8-16(17)25-2)23-18(24)12-26-15-7-5-6-14(10-15)19(20,21)22/h3-10,13H,11-12H2,1-2H3,(H,23,24). The van der Waals surface area contributed by atoms with Gasteiger partial charge in [-0.25, -0.2) is 0 Å². The highest BCUT2D eigenvalue weighted by atomic mass is 19.4. The number of para-hydroxylation sites is 2. The number of ether oxygens (including phenoxy) is 3. The molecule has 0 spiro atoms. The maximum absolute atomic E-state index is 12.7. The summed E-state index contributed by atoms with van der Waals surface area (Å²) in [7, 11) is 1.53. The largest absolute Gasteiger partial charge is 0.493 e. The Hall–Kier alpha value is -2.90. The lowest BCUT2D eigenvalue weighted by molar-refractivity contribution is -0.137. The molecule has 0 saturated carbocycles. The van der Waals surface area contributed by atoms with Crippen molar-refractivity contribution in [2.75, 3.05) is 20.3 Å². The molecular weight excluding hydrogens is 363 g/mol. The second-order valence-electron chi connectivity index (χ2n) is 5.74. The van der Waals surface area contributed by atoms with E-state index in [-0.39, 0.29) is 18.4 Å². The summed E-state index contributed by atoms with van der Waals surface area (Å²) in [4.78, 5) is 11.9. The van der Waals surface area contributed by atoms with Crippen molar-refractivity contribution in [1.82, 2.24) is 5.32 Å². The zero-order valence-electron chi connectivity index (χ0n) is 14.9. The molecule has 0 fully saturated rings. The quantitative estimate of drug-likeness (QED) is 0.756. The first-order valence-electron chi connectivity index (χ1n) is 8.15. The van der Waals surface area contributed by atoms with Gasteiger partial charge in [-0.3, -0.25) is 4.79 Å². The molecule has 146 valence electrons. The third-order valence-electron chi connectivity index (χ3n) is 3.50. The Morgan fingerprint density at radius 2 is 1.78 bits per heavy atom. The Balaban J connectivity index is 1.80. The third kappa shape index (κ3) is 6.40. The molecule has 2 rings (SSSR count). The van der Waals surface area contributed by atoms with Crippen molar-refractivity contribution >= 4 is 5.91 Å². The van der Waals surface area contributed by atoms with Crippen molar-refractivity contribution in [3.05, 3.63) is 54.1 Å². The van der Waals surface area contributed by atoms with Crippen LogP contribution >= 0.6 is 0 Å². The molecule has 0 radical (unpaired) electrons. The molecule has 1 amide bonds. The molecule has 5 nitrogen and oxygen atoms in total. The minimum Gasteiger partial charge on any atom is -0.493 e. The Morgan fingerprint density at radius 1 is 1.07 bits per heavy atom. The van der Waals surface area contributed by atoms with Crippen molar-refractivity contribution in [2.24, 2.45) is 0 Å². The number of rotatable bonds is 8. The number of halogens is 3. The van der Waals surface area contributed by atoms with Gasteiger partial charge >= 0.3 is 6.18 Å². The molecule has 0 aliphatic heterocycles. The molecule has 0 aliphatic rings. The summed E-state index contributed by atoms with van der Waals surface area (Å²) in [5.74, 6) is 0.617. The molecule has 1 atom stereocenters. The van der Waals surface area contributed by atoms with Crippen molar-refractivity contribution < 1.29 is 32.2 Å². The zero-order chi connectivity index (χ0) is 19.9. The number of benzene rings is 2. The highest BCUT2D eigenvalue weighted by Crippen LogP contribution is 2.31. The van der Waals surface area contributed by atoms with Gasteiger partial charge in [0.2, 0.25) is 0 Å². The van der Waals surface area contributed by atoms with Crippen LogP contribution in [0.2, 0.25) is 0 Å². The molecule has 2 aromatic carbocycles. The maximum Gasteiger partial charge on any atom is 0.416 e. The van der Waals surface area contributed by atoms with Crippen molar-refractivity contribution in [3.63, 3.8) is 0 Å². The van der Waals surface area contributed by atoms with Gasteiger partial charge in [0.25, 0.3) is 5.91 Å². The van der Waals surface area contributed by atoms with Gasteiger partial charge in [-0.1, -0.05) is 18.2 Å². The first kappa shape index (κ1) is 20.4. The van der Waals surface area contributed by atoms with Crippen LogP contribution in [0.1, 0.15) is 12.5 Å². The first-order chi connectivity index (χ1) is 12.8. The number of amides is 1. The summed E-state index contributed by atoms with van der Waals surface area (Å²) in [6, 6.07) is 11.1. The third-order valence-corrected chi connectivity index (χ3v) is 3.50. The number of carbonyl (C=O) groups is 1. The summed E-state index contributed by atoms with van der Waals surface area (Å²) in [6.07, 6.45) is -4.47. The highest BCUT2D eigenvalue weighted by molar-refractivity contribution is 5.77. The van der Waals surface area contributed by atoms with E-state index < -0.39 is 24.3 Å². The van der Waals surface area contributed by atoms with E-state index >= 15 is 0 Å². The second kappa shape index (κ2) is 9.16. The molecule has 0 saturated heterocycles. The monoisotopic (exact) mass is 383 g/mol. The van der Waals surface area contributed by atoms with Crippen molar-refractivity contribution in [1.29, 1.82) is 0 Å². The average molecular weight is 383 g/mol. The fraction of sp³-hybridized carbons (Fsp3) is 0.316. The Morgan fingerprint density at radius 3 is 2.44 bits per heavy atom. The van der Waals surface area contributed by atoms with Gasteiger partial charge in [0.05, 0.1) is 18.7 Å². The Labute approximate surface area is 155 Å². The van der Waals surface area contributed by atoms with Gasteiger partial charge in [-0.15, -0.1) is 0 Å². The molecule has 1 unspecified atom stereocenters. The molecule has 2 aromatic rings. The lowest BCUT2D eigenvalue weighted by atomic mass is 10.2. The number of hydrogen-bond donors (Lipinski definition) is 1. The molecule has 8 heteroatoms. The minimum atomic E-state index is -4.47. The average Bonchev–Trinajstić information content (AvgIpc) is 2.64. The maximum atomic E-state index is 12.7. The second-order valence-corrected chi connectivity index (χ2v) is 5.74. The van der Waals surface area contributed by atoms with E-state index in [2.05, 4.69) is 5.32 Å². The number of alkyl halides is 3. The fourth-order valence-electron chi connectivity index (χ4n) is 2.22. The molecule has 1 N–H and O–H groups in total. The van der Waals surface area contributed by atoms with Gasteiger partial charge in [0, 0.05) is 0 Å². The van der Waals surface area contributed by atoms with E-state index in [4.69, 9.17) is 14.2 Å². The van der Waals surface area contributed by atoms with Crippen LogP contribution in [0.3, 0.4) is 0 Å². The topological polar surface area (TPSA) is 56.8 Å². The predicted molar refractivity (Wildman–Crippen MR) is 93.0 cm³/mol. The first-order valence-corrected chi connectivity index (χ1v) is 8.15. The van der Waals surface area contributed by atoms with Gasteiger partial charge < -0.3 is 19.5 Å². The van der Waals surface area contributed by atoms with Crippen LogP contribution in [0.4, 0.5) is 13.2 Å². The Kier molecular flexibility index (Phi) is 6.92. The van der Waals surface area contributed by atoms with Gasteiger partial charge in [0.15, 0.2) is 18.1 Å². The summed E-state index contributed by atoms with van der Waals surface area (Å²) < 4.78 is 53.9. The van der Waals surface area contributed by atoms with E-state index in [1.54, 1.807) is 25.1 Å². The predicted octanol–water partition coefficient (Wildman–Crippen LogP) is 3.68. The van der Waals surface area contributed by atoms with Crippen LogP contribution in [-0.4, -0.2) is 32.3 Å². The van der Waals surface area contributed by atoms with Crippen molar-refractivity contribution in [3.8, 4) is 17.2 Å². The molecule has 0 aliphatic carbocycles. The SMILES string of the molecule is COc1ccccc1OCC(C)NC(=O)COc1cccc(C(F)(F)F)c1. The van der Waals surface area contributed by atoms with Crippen LogP contribution in [-0.2, 0) is 11.0 Å². The van der Waals surface area contributed by atoms with Gasteiger partial charge in [-0.05, 0) is 37.3 Å². The van der Waals surface area contributed by atoms with Gasteiger partial charge in [-0.2, -0.15) is 13.2 Å². The van der Waals surface area contributed by atoms with Crippen LogP contribution in [0.15, 0.2) is 48.5 Å². The molecular formula is C19H20F3NO4. The van der Waals surface area contributed by atoms with Gasteiger partial charge in [0.1, 0.15) is 12.4 Å². The smallest absolute Gasteiger partial charge is 0.416 e. The lowest BCUT2D eigenvalue weighted by Gasteiger charge is -2.17. The van der Waals surface area contributed by atoms with E-state index in [0.717, 1.165) is 12.1 Å². The Bertz CT molecular complexity index is 765. The van der Waals surface area contributed by atoms with E-state index in [0.29, 0.717) is 11.5 Å². The summed E-state index contributed by atoms with van der Waals surface area (Å²) in [5.41, 5.74) is -0.834. The van der Waals surface area contributed by atoms with E-state index in [9.17, 15) is 18.0 Å². The minimum absolute atomic E-state index is 0.0297. The normalized spacial score (nSPS) is 12.2. The highest BCUT2D eigenvalue weighted by Gasteiger charge is 2.30. The van der Waals surface area contributed by atoms with Crippen LogP contribution < -0.4 is 19.5 Å². The van der Waals surface area contributed by atoms with E-state index in [1.165, 1.54) is 19.2 Å². The summed E-state index contributed by atoms with van der Waals surface area (Å²) in [5, 5.41) is 2.65. The molecule has 27 heavy (non-hydrogen) atoms. The number of methoxy groups -OCH3 is 1. The summed E-state index contributed by atoms with van der Waals surface area (Å²) in [6.45, 7) is 1.52. The van der Waals surface area contributed by atoms with Crippen LogP contribution in [0.5, 0.6) is 17.2 Å². The van der Waals surface area contributed by atoms with Crippen LogP contribution in [0.25, 0.3) is 0 Å². The fourth-order valence-corrected chi connectivity index (χ4v) is 2.22. The van der Waals surface area contributed by atoms with Crippen molar-refractivity contribution in [2.45, 2.75) is 19.1 Å².